The predicted molar refractivity (Wildman–Crippen MR) is 63.9 cm³/mol. The minimum absolute atomic E-state index is 0.603. The number of rotatable bonds is 2. The van der Waals surface area contributed by atoms with Gasteiger partial charge in [0.15, 0.2) is 0 Å². The summed E-state index contributed by atoms with van der Waals surface area (Å²) in [7, 11) is 1.66. The Bertz CT molecular complexity index is 395. The molecule has 1 saturated heterocycles. The topological polar surface area (TPSA) is 41.5 Å². The zero-order chi connectivity index (χ0) is 11.8. The maximum atomic E-state index is 10.6. The molecule has 2 N–H and O–H groups in total. The molecule has 0 bridgehead atoms. The molecular formula is C13H19NO2. The van der Waals surface area contributed by atoms with Crippen LogP contribution in [0.15, 0.2) is 12.1 Å². The van der Waals surface area contributed by atoms with Crippen molar-refractivity contribution in [3.63, 3.8) is 0 Å². The van der Waals surface area contributed by atoms with Crippen molar-refractivity contribution in [3.05, 3.63) is 28.8 Å². The van der Waals surface area contributed by atoms with Crippen LogP contribution in [-0.4, -0.2) is 25.3 Å². The molecule has 0 radical (unpaired) electrons. The van der Waals surface area contributed by atoms with E-state index in [4.69, 9.17) is 4.74 Å². The third-order valence-corrected chi connectivity index (χ3v) is 3.26. The molecule has 2 rings (SSSR count). The third kappa shape index (κ3) is 1.81. The summed E-state index contributed by atoms with van der Waals surface area (Å²) in [6.07, 6.45) is 0.742. The fraction of sp³-hybridized carbons (Fsp3) is 0.538. The highest BCUT2D eigenvalue weighted by atomic mass is 16.5. The average Bonchev–Trinajstić information content (AvgIpc) is 2.65. The Labute approximate surface area is 96.4 Å². The van der Waals surface area contributed by atoms with Crippen LogP contribution >= 0.6 is 0 Å². The molecule has 1 aromatic rings. The normalized spacial score (nSPS) is 24.8. The lowest BCUT2D eigenvalue weighted by Gasteiger charge is -2.25. The Morgan fingerprint density at radius 3 is 2.69 bits per heavy atom. The summed E-state index contributed by atoms with van der Waals surface area (Å²) in [6.45, 7) is 5.52. The Hall–Kier alpha value is -1.06. The van der Waals surface area contributed by atoms with E-state index < -0.39 is 5.60 Å². The molecule has 0 aromatic heterocycles. The summed E-state index contributed by atoms with van der Waals surface area (Å²) in [5, 5.41) is 13.8. The third-order valence-electron chi connectivity index (χ3n) is 3.26. The fourth-order valence-corrected chi connectivity index (χ4v) is 2.48. The smallest absolute Gasteiger partial charge is 0.127 e. The highest BCUT2D eigenvalue weighted by Gasteiger charge is 2.36. The molecule has 1 atom stereocenters. The van der Waals surface area contributed by atoms with Gasteiger partial charge < -0.3 is 15.2 Å². The molecule has 88 valence electrons. The van der Waals surface area contributed by atoms with Crippen LogP contribution in [0.1, 0.15) is 23.1 Å². The molecule has 1 aromatic carbocycles. The second-order valence-electron chi connectivity index (χ2n) is 4.62. The van der Waals surface area contributed by atoms with Crippen molar-refractivity contribution in [1.82, 2.24) is 5.32 Å². The van der Waals surface area contributed by atoms with Gasteiger partial charge in [0.05, 0.1) is 7.11 Å². The molecule has 1 fully saturated rings. The Morgan fingerprint density at radius 1 is 1.38 bits per heavy atom. The molecule has 0 saturated carbocycles. The van der Waals surface area contributed by atoms with E-state index in [9.17, 15) is 5.11 Å². The molecule has 1 aliphatic heterocycles. The van der Waals surface area contributed by atoms with Gasteiger partial charge in [-0.3, -0.25) is 0 Å². The van der Waals surface area contributed by atoms with Crippen LogP contribution in [0.3, 0.4) is 0 Å². The van der Waals surface area contributed by atoms with E-state index in [-0.39, 0.29) is 0 Å². The summed E-state index contributed by atoms with van der Waals surface area (Å²) < 4.78 is 5.42. The maximum Gasteiger partial charge on any atom is 0.127 e. The van der Waals surface area contributed by atoms with Crippen LogP contribution in [-0.2, 0) is 5.60 Å². The number of hydrogen-bond acceptors (Lipinski definition) is 3. The van der Waals surface area contributed by atoms with Gasteiger partial charge in [0.1, 0.15) is 11.4 Å². The molecule has 3 heteroatoms. The average molecular weight is 221 g/mol. The van der Waals surface area contributed by atoms with Gasteiger partial charge in [0.25, 0.3) is 0 Å². The van der Waals surface area contributed by atoms with Gasteiger partial charge in [-0.2, -0.15) is 0 Å². The minimum atomic E-state index is -0.776. The lowest BCUT2D eigenvalue weighted by atomic mass is 9.89. The fourth-order valence-electron chi connectivity index (χ4n) is 2.48. The van der Waals surface area contributed by atoms with Crippen molar-refractivity contribution in [2.75, 3.05) is 20.2 Å². The molecular weight excluding hydrogens is 202 g/mol. The summed E-state index contributed by atoms with van der Waals surface area (Å²) >= 11 is 0. The monoisotopic (exact) mass is 221 g/mol. The number of hydrogen-bond donors (Lipinski definition) is 2. The first-order chi connectivity index (χ1) is 7.57. The first-order valence-electron chi connectivity index (χ1n) is 5.65. The number of β-amino-alcohol motifs (C(OH)–C–C–N with tert-alkyl or cyclic N) is 1. The molecule has 1 aliphatic rings. The van der Waals surface area contributed by atoms with E-state index in [1.807, 2.05) is 19.9 Å². The van der Waals surface area contributed by atoms with Crippen LogP contribution in [0.5, 0.6) is 5.75 Å². The highest BCUT2D eigenvalue weighted by Crippen LogP contribution is 2.37. The van der Waals surface area contributed by atoms with Gasteiger partial charge in [-0.1, -0.05) is 11.6 Å². The Kier molecular flexibility index (Phi) is 2.91. The number of benzene rings is 1. The number of ether oxygens (including phenoxy) is 1. The minimum Gasteiger partial charge on any atom is -0.496 e. The molecule has 3 nitrogen and oxygen atoms in total. The van der Waals surface area contributed by atoms with Gasteiger partial charge in [0.2, 0.25) is 0 Å². The van der Waals surface area contributed by atoms with Crippen LogP contribution in [0.2, 0.25) is 0 Å². The molecule has 0 aliphatic carbocycles. The summed E-state index contributed by atoms with van der Waals surface area (Å²) in [6, 6.07) is 4.10. The van der Waals surface area contributed by atoms with Gasteiger partial charge in [-0.05, 0) is 38.4 Å². The number of nitrogens with one attached hydrogen (secondary N) is 1. The van der Waals surface area contributed by atoms with Crippen molar-refractivity contribution in [2.45, 2.75) is 25.9 Å². The van der Waals surface area contributed by atoms with Crippen LogP contribution in [0.25, 0.3) is 0 Å². The SMILES string of the molecule is COc1c(C)cc(C)cc1C1(O)CCNC1. The van der Waals surface area contributed by atoms with Gasteiger partial charge in [-0.25, -0.2) is 0 Å². The quantitative estimate of drug-likeness (QED) is 0.795. The maximum absolute atomic E-state index is 10.6. The number of methoxy groups -OCH3 is 1. The van der Waals surface area contributed by atoms with E-state index in [0.29, 0.717) is 6.54 Å². The summed E-state index contributed by atoms with van der Waals surface area (Å²) in [5.74, 6) is 0.816. The van der Waals surface area contributed by atoms with Crippen molar-refractivity contribution in [3.8, 4) is 5.75 Å². The lowest BCUT2D eigenvalue weighted by Crippen LogP contribution is -2.29. The summed E-state index contributed by atoms with van der Waals surface area (Å²) in [4.78, 5) is 0. The first-order valence-corrected chi connectivity index (χ1v) is 5.65. The highest BCUT2D eigenvalue weighted by molar-refractivity contribution is 5.47. The van der Waals surface area contributed by atoms with E-state index in [1.165, 1.54) is 0 Å². The van der Waals surface area contributed by atoms with Crippen molar-refractivity contribution < 1.29 is 9.84 Å². The zero-order valence-electron chi connectivity index (χ0n) is 10.1. The van der Waals surface area contributed by atoms with Crippen molar-refractivity contribution in [1.29, 1.82) is 0 Å². The molecule has 0 amide bonds. The molecule has 1 heterocycles. The first kappa shape index (κ1) is 11.4. The standard InChI is InChI=1S/C13H19NO2/c1-9-6-10(2)12(16-3)11(7-9)13(15)4-5-14-8-13/h6-7,14-15H,4-5,8H2,1-3H3. The Morgan fingerprint density at radius 2 is 2.12 bits per heavy atom. The number of aryl methyl sites for hydroxylation is 2. The summed E-state index contributed by atoms with van der Waals surface area (Å²) in [5.41, 5.74) is 2.38. The van der Waals surface area contributed by atoms with E-state index in [0.717, 1.165) is 35.4 Å². The molecule has 0 spiro atoms. The van der Waals surface area contributed by atoms with Crippen molar-refractivity contribution in [2.24, 2.45) is 0 Å². The van der Waals surface area contributed by atoms with Gasteiger partial charge >= 0.3 is 0 Å². The predicted octanol–water partition coefficient (Wildman–Crippen LogP) is 1.49. The van der Waals surface area contributed by atoms with Gasteiger partial charge in [0, 0.05) is 12.1 Å². The molecule has 1 unspecified atom stereocenters. The second kappa shape index (κ2) is 4.07. The largest absolute Gasteiger partial charge is 0.496 e. The molecule has 16 heavy (non-hydrogen) atoms. The van der Waals surface area contributed by atoms with E-state index in [2.05, 4.69) is 11.4 Å². The van der Waals surface area contributed by atoms with Crippen LogP contribution < -0.4 is 10.1 Å². The van der Waals surface area contributed by atoms with Crippen LogP contribution in [0.4, 0.5) is 0 Å². The van der Waals surface area contributed by atoms with E-state index >= 15 is 0 Å². The van der Waals surface area contributed by atoms with Gasteiger partial charge in [-0.15, -0.1) is 0 Å². The van der Waals surface area contributed by atoms with Crippen LogP contribution in [0, 0.1) is 13.8 Å². The van der Waals surface area contributed by atoms with E-state index in [1.54, 1.807) is 7.11 Å². The number of aliphatic hydroxyl groups is 1. The zero-order valence-corrected chi connectivity index (χ0v) is 10.1. The second-order valence-corrected chi connectivity index (χ2v) is 4.62. The lowest BCUT2D eigenvalue weighted by molar-refractivity contribution is 0.0559. The van der Waals surface area contributed by atoms with Crippen molar-refractivity contribution >= 4 is 0 Å². The Balaban J connectivity index is 2.53.